The summed E-state index contributed by atoms with van der Waals surface area (Å²) in [7, 11) is 0. The predicted octanol–water partition coefficient (Wildman–Crippen LogP) is 3.58. The lowest BCUT2D eigenvalue weighted by molar-refractivity contribution is -0.138. The van der Waals surface area contributed by atoms with Crippen molar-refractivity contribution < 1.29 is 13.2 Å². The maximum absolute atomic E-state index is 12.1. The first kappa shape index (κ1) is 13.3. The monoisotopic (exact) mass is 287 g/mol. The van der Waals surface area contributed by atoms with Crippen LogP contribution in [0.3, 0.4) is 0 Å². The number of alkyl halides is 4. The lowest BCUT2D eigenvalue weighted by atomic mass is 10.2. The third-order valence-corrected chi connectivity index (χ3v) is 3.25. The summed E-state index contributed by atoms with van der Waals surface area (Å²) < 4.78 is 36.3. The molecule has 90 valence electrons. The molecule has 5 heteroatoms. The van der Waals surface area contributed by atoms with Gasteiger partial charge < -0.3 is 0 Å². The van der Waals surface area contributed by atoms with Crippen molar-refractivity contribution in [2.24, 2.45) is 0 Å². The Morgan fingerprint density at radius 1 is 1.13 bits per heavy atom. The first-order chi connectivity index (χ1) is 7.03. The topological polar surface area (TPSA) is 3.24 Å². The number of rotatable bonds is 5. The van der Waals surface area contributed by atoms with Crippen LogP contribution in [0.2, 0.25) is 0 Å². The zero-order chi connectivity index (χ0) is 11.3. The molecule has 0 amide bonds. The minimum atomic E-state index is -4.02. The van der Waals surface area contributed by atoms with E-state index in [0.29, 0.717) is 6.04 Å². The van der Waals surface area contributed by atoms with Gasteiger partial charge in [-0.3, -0.25) is 4.90 Å². The van der Waals surface area contributed by atoms with Gasteiger partial charge in [0.1, 0.15) is 0 Å². The molecule has 0 N–H and O–H groups in total. The van der Waals surface area contributed by atoms with Crippen molar-refractivity contribution in [3.8, 4) is 0 Å². The van der Waals surface area contributed by atoms with E-state index < -0.39 is 12.6 Å². The first-order valence-corrected chi connectivity index (χ1v) is 6.52. The molecule has 0 spiro atoms. The van der Waals surface area contributed by atoms with E-state index in [1.807, 2.05) is 4.90 Å². The summed E-state index contributed by atoms with van der Waals surface area (Å²) in [5, 5.41) is 0.751. The Balaban J connectivity index is 2.35. The van der Waals surface area contributed by atoms with Gasteiger partial charge in [-0.1, -0.05) is 28.8 Å². The van der Waals surface area contributed by atoms with Gasteiger partial charge in [0.15, 0.2) is 0 Å². The average Bonchev–Trinajstić information content (AvgIpc) is 2.63. The number of hydrogen-bond acceptors (Lipinski definition) is 1. The standard InChI is InChI=1S/C10H17BrF3N/c11-6-8-15(7-5-10(12,13)14)9-3-1-2-4-9/h9H,1-8H2. The molecule has 0 atom stereocenters. The van der Waals surface area contributed by atoms with Crippen LogP contribution in [0, 0.1) is 0 Å². The van der Waals surface area contributed by atoms with E-state index in [-0.39, 0.29) is 6.54 Å². The quantitative estimate of drug-likeness (QED) is 0.699. The van der Waals surface area contributed by atoms with Crippen molar-refractivity contribution in [1.29, 1.82) is 0 Å². The van der Waals surface area contributed by atoms with Crippen molar-refractivity contribution in [1.82, 2.24) is 4.90 Å². The molecule has 0 heterocycles. The van der Waals surface area contributed by atoms with Gasteiger partial charge in [-0.25, -0.2) is 0 Å². The molecule has 0 aromatic rings. The molecule has 0 unspecified atom stereocenters. The van der Waals surface area contributed by atoms with Crippen LogP contribution in [-0.2, 0) is 0 Å². The highest BCUT2D eigenvalue weighted by atomic mass is 79.9. The van der Waals surface area contributed by atoms with Crippen LogP contribution in [0.4, 0.5) is 13.2 Å². The lowest BCUT2D eigenvalue weighted by Crippen LogP contribution is -2.37. The first-order valence-electron chi connectivity index (χ1n) is 5.39. The van der Waals surface area contributed by atoms with Crippen LogP contribution in [0.1, 0.15) is 32.1 Å². The summed E-state index contributed by atoms with van der Waals surface area (Å²) >= 11 is 3.29. The van der Waals surface area contributed by atoms with E-state index in [0.717, 1.165) is 37.6 Å². The summed E-state index contributed by atoms with van der Waals surface area (Å²) in [5.41, 5.74) is 0. The molecule has 1 aliphatic rings. The Kier molecular flexibility index (Phi) is 5.39. The molecule has 1 saturated carbocycles. The fourth-order valence-electron chi connectivity index (χ4n) is 2.13. The van der Waals surface area contributed by atoms with Gasteiger partial charge in [0, 0.05) is 24.5 Å². The third-order valence-electron chi connectivity index (χ3n) is 2.90. The predicted molar refractivity (Wildman–Crippen MR) is 58.3 cm³/mol. The Labute approximate surface area is 97.1 Å². The number of halogens is 4. The molecular formula is C10H17BrF3N. The Bertz CT molecular complexity index is 178. The van der Waals surface area contributed by atoms with Crippen LogP contribution in [0.15, 0.2) is 0 Å². The highest BCUT2D eigenvalue weighted by Gasteiger charge is 2.30. The highest BCUT2D eigenvalue weighted by molar-refractivity contribution is 9.09. The summed E-state index contributed by atoms with van der Waals surface area (Å²) in [6, 6.07) is 0.380. The van der Waals surface area contributed by atoms with Crippen molar-refractivity contribution in [2.75, 3.05) is 18.4 Å². The average molecular weight is 288 g/mol. The fourth-order valence-corrected chi connectivity index (χ4v) is 2.58. The van der Waals surface area contributed by atoms with Crippen molar-refractivity contribution in [3.63, 3.8) is 0 Å². The van der Waals surface area contributed by atoms with Gasteiger partial charge in [0.25, 0.3) is 0 Å². The van der Waals surface area contributed by atoms with Gasteiger partial charge >= 0.3 is 6.18 Å². The zero-order valence-electron chi connectivity index (χ0n) is 8.69. The maximum Gasteiger partial charge on any atom is 0.390 e. The molecule has 0 aliphatic heterocycles. The van der Waals surface area contributed by atoms with E-state index in [1.165, 1.54) is 0 Å². The smallest absolute Gasteiger partial charge is 0.299 e. The van der Waals surface area contributed by atoms with Crippen molar-refractivity contribution in [2.45, 2.75) is 44.3 Å². The SMILES string of the molecule is FC(F)(F)CCN(CCBr)C1CCCC1. The van der Waals surface area contributed by atoms with E-state index in [4.69, 9.17) is 0 Å². The zero-order valence-corrected chi connectivity index (χ0v) is 10.3. The fraction of sp³-hybridized carbons (Fsp3) is 1.00. The van der Waals surface area contributed by atoms with Crippen LogP contribution in [-0.4, -0.2) is 35.5 Å². The van der Waals surface area contributed by atoms with Gasteiger partial charge in [0.2, 0.25) is 0 Å². The minimum absolute atomic E-state index is 0.153. The minimum Gasteiger partial charge on any atom is -0.299 e. The summed E-state index contributed by atoms with van der Waals surface area (Å²) in [6.07, 6.45) is -0.264. The summed E-state index contributed by atoms with van der Waals surface area (Å²) in [5.74, 6) is 0. The lowest BCUT2D eigenvalue weighted by Gasteiger charge is -2.28. The largest absolute Gasteiger partial charge is 0.390 e. The Morgan fingerprint density at radius 3 is 2.20 bits per heavy atom. The second-order valence-corrected chi connectivity index (χ2v) is 4.82. The van der Waals surface area contributed by atoms with E-state index >= 15 is 0 Å². The van der Waals surface area contributed by atoms with Crippen LogP contribution in [0.5, 0.6) is 0 Å². The normalized spacial score (nSPS) is 19.0. The third kappa shape index (κ3) is 5.20. The van der Waals surface area contributed by atoms with Gasteiger partial charge in [0.05, 0.1) is 6.42 Å². The van der Waals surface area contributed by atoms with Gasteiger partial charge in [-0.2, -0.15) is 13.2 Å². The summed E-state index contributed by atoms with van der Waals surface area (Å²) in [4.78, 5) is 1.98. The summed E-state index contributed by atoms with van der Waals surface area (Å²) in [6.45, 7) is 0.876. The second-order valence-electron chi connectivity index (χ2n) is 4.03. The van der Waals surface area contributed by atoms with E-state index in [9.17, 15) is 13.2 Å². The van der Waals surface area contributed by atoms with E-state index in [2.05, 4.69) is 15.9 Å². The van der Waals surface area contributed by atoms with Crippen LogP contribution in [0.25, 0.3) is 0 Å². The molecule has 0 saturated heterocycles. The second kappa shape index (κ2) is 6.09. The van der Waals surface area contributed by atoms with Crippen LogP contribution >= 0.6 is 15.9 Å². The Hall–Kier alpha value is 0.230. The molecule has 0 aromatic heterocycles. The molecule has 0 aromatic carbocycles. The van der Waals surface area contributed by atoms with Crippen LogP contribution < -0.4 is 0 Å². The van der Waals surface area contributed by atoms with Gasteiger partial charge in [-0.15, -0.1) is 0 Å². The molecule has 15 heavy (non-hydrogen) atoms. The highest BCUT2D eigenvalue weighted by Crippen LogP contribution is 2.26. The molecule has 1 fully saturated rings. The van der Waals surface area contributed by atoms with E-state index in [1.54, 1.807) is 0 Å². The molecule has 1 aliphatic carbocycles. The molecular weight excluding hydrogens is 271 g/mol. The molecule has 0 radical (unpaired) electrons. The molecule has 1 nitrogen and oxygen atoms in total. The Morgan fingerprint density at radius 2 is 1.73 bits per heavy atom. The van der Waals surface area contributed by atoms with Crippen molar-refractivity contribution in [3.05, 3.63) is 0 Å². The number of hydrogen-bond donors (Lipinski definition) is 0. The number of nitrogens with zero attached hydrogens (tertiary/aromatic N) is 1. The molecule has 0 bridgehead atoms. The van der Waals surface area contributed by atoms with Gasteiger partial charge in [-0.05, 0) is 12.8 Å². The maximum atomic E-state index is 12.1. The van der Waals surface area contributed by atoms with Crippen molar-refractivity contribution >= 4 is 15.9 Å². The molecule has 1 rings (SSSR count).